The minimum Gasteiger partial charge on any atom is -0.503 e. The number of nitrogens with one attached hydrogen (secondary N) is 1. The van der Waals surface area contributed by atoms with Crippen molar-refractivity contribution in [3.8, 4) is 5.75 Å². The first kappa shape index (κ1) is 17.0. The van der Waals surface area contributed by atoms with Crippen LogP contribution in [-0.2, 0) is 6.54 Å². The monoisotopic (exact) mass is 338 g/mol. The molecule has 1 atom stereocenters. The number of H-pyrrole nitrogens is 1. The summed E-state index contributed by atoms with van der Waals surface area (Å²) < 4.78 is 1.56. The molecule has 0 radical (unpaired) electrons. The number of aromatic nitrogens is 4. The van der Waals surface area contributed by atoms with Crippen LogP contribution in [0.4, 0.5) is 0 Å². The van der Waals surface area contributed by atoms with Crippen LogP contribution in [0.15, 0.2) is 59.7 Å². The van der Waals surface area contributed by atoms with Crippen molar-refractivity contribution in [3.63, 3.8) is 0 Å². The van der Waals surface area contributed by atoms with Gasteiger partial charge in [0.05, 0.1) is 5.69 Å². The highest BCUT2D eigenvalue weighted by Gasteiger charge is 2.16. The maximum atomic E-state index is 11.8. The smallest absolute Gasteiger partial charge is 0.292 e. The van der Waals surface area contributed by atoms with E-state index in [0.717, 1.165) is 31.4 Å². The van der Waals surface area contributed by atoms with E-state index in [9.17, 15) is 9.90 Å². The number of hydrogen-bond acceptors (Lipinski definition) is 4. The first-order valence-corrected chi connectivity index (χ1v) is 8.55. The number of benzene rings is 1. The van der Waals surface area contributed by atoms with Crippen molar-refractivity contribution in [2.75, 3.05) is 0 Å². The van der Waals surface area contributed by atoms with Gasteiger partial charge in [-0.2, -0.15) is 0 Å². The van der Waals surface area contributed by atoms with Crippen molar-refractivity contribution in [3.05, 3.63) is 76.5 Å². The van der Waals surface area contributed by atoms with Crippen molar-refractivity contribution in [2.45, 2.75) is 38.1 Å². The molecule has 6 heteroatoms. The second-order valence-corrected chi connectivity index (χ2v) is 6.10. The van der Waals surface area contributed by atoms with E-state index in [1.165, 1.54) is 11.6 Å². The third-order valence-corrected chi connectivity index (χ3v) is 4.39. The van der Waals surface area contributed by atoms with Gasteiger partial charge < -0.3 is 9.67 Å². The van der Waals surface area contributed by atoms with Crippen LogP contribution in [0.3, 0.4) is 0 Å². The molecule has 3 rings (SSSR count). The third-order valence-electron chi connectivity index (χ3n) is 4.39. The van der Waals surface area contributed by atoms with Gasteiger partial charge in [-0.3, -0.25) is 9.89 Å². The number of aromatic amines is 1. The molecule has 25 heavy (non-hydrogen) atoms. The van der Waals surface area contributed by atoms with Crippen LogP contribution in [0, 0.1) is 0 Å². The van der Waals surface area contributed by atoms with Crippen LogP contribution >= 0.6 is 0 Å². The zero-order chi connectivity index (χ0) is 17.5. The summed E-state index contributed by atoms with van der Waals surface area (Å²) in [6.07, 6.45) is 7.46. The Hall–Kier alpha value is -2.89. The van der Waals surface area contributed by atoms with Crippen LogP contribution in [-0.4, -0.2) is 25.1 Å². The van der Waals surface area contributed by atoms with E-state index in [4.69, 9.17) is 0 Å². The minimum absolute atomic E-state index is 0.197. The fourth-order valence-electron chi connectivity index (χ4n) is 3.06. The second kappa shape index (κ2) is 8.28. The van der Waals surface area contributed by atoms with Crippen LogP contribution in [0.2, 0.25) is 0 Å². The highest BCUT2D eigenvalue weighted by atomic mass is 16.3. The molecule has 0 saturated carbocycles. The Bertz CT molecular complexity index is 828. The fraction of sp³-hybridized carbons (Fsp3) is 0.316. The Morgan fingerprint density at radius 1 is 1.08 bits per heavy atom. The van der Waals surface area contributed by atoms with Gasteiger partial charge in [0.1, 0.15) is 0 Å². The molecule has 1 aromatic carbocycles. The zero-order valence-electron chi connectivity index (χ0n) is 14.0. The number of hydrogen-bond donors (Lipinski definition) is 2. The summed E-state index contributed by atoms with van der Waals surface area (Å²) in [5.41, 5.74) is 1.86. The van der Waals surface area contributed by atoms with E-state index < -0.39 is 0 Å². The zero-order valence-corrected chi connectivity index (χ0v) is 14.0. The van der Waals surface area contributed by atoms with E-state index in [1.54, 1.807) is 16.8 Å². The van der Waals surface area contributed by atoms with Crippen LogP contribution in [0.25, 0.3) is 0 Å². The normalized spacial score (nSPS) is 12.2. The Morgan fingerprint density at radius 2 is 1.92 bits per heavy atom. The molecular weight excluding hydrogens is 316 g/mol. The van der Waals surface area contributed by atoms with Gasteiger partial charge in [-0.25, -0.2) is 0 Å². The second-order valence-electron chi connectivity index (χ2n) is 6.10. The first-order chi connectivity index (χ1) is 12.3. The van der Waals surface area contributed by atoms with E-state index in [1.807, 2.05) is 24.4 Å². The molecule has 2 aromatic heterocycles. The number of rotatable bonds is 8. The fourth-order valence-corrected chi connectivity index (χ4v) is 3.06. The van der Waals surface area contributed by atoms with Gasteiger partial charge in [0, 0.05) is 24.9 Å². The number of aryl methyl sites for hydroxylation is 1. The van der Waals surface area contributed by atoms with Gasteiger partial charge in [-0.05, 0) is 30.5 Å². The SMILES string of the molecule is O=c1c(O)cccn1CCCCCC(c1ccccc1)c1c[nH]nn1. The molecule has 0 aliphatic rings. The van der Waals surface area contributed by atoms with Gasteiger partial charge in [0.25, 0.3) is 5.56 Å². The van der Waals surface area contributed by atoms with Gasteiger partial charge >= 0.3 is 0 Å². The molecule has 130 valence electrons. The predicted octanol–water partition coefficient (Wildman–Crippen LogP) is 3.06. The summed E-state index contributed by atoms with van der Waals surface area (Å²) in [5, 5.41) is 20.3. The van der Waals surface area contributed by atoms with Gasteiger partial charge in [0.15, 0.2) is 5.75 Å². The molecule has 2 heterocycles. The van der Waals surface area contributed by atoms with E-state index >= 15 is 0 Å². The largest absolute Gasteiger partial charge is 0.503 e. The molecule has 0 bridgehead atoms. The Morgan fingerprint density at radius 3 is 2.68 bits per heavy atom. The lowest BCUT2D eigenvalue weighted by Gasteiger charge is -2.14. The lowest BCUT2D eigenvalue weighted by Crippen LogP contribution is -2.18. The van der Waals surface area contributed by atoms with Crippen molar-refractivity contribution in [1.82, 2.24) is 20.0 Å². The molecule has 6 nitrogen and oxygen atoms in total. The molecule has 0 amide bonds. The van der Waals surface area contributed by atoms with Crippen molar-refractivity contribution in [1.29, 1.82) is 0 Å². The number of nitrogens with zero attached hydrogens (tertiary/aromatic N) is 3. The summed E-state index contributed by atoms with van der Waals surface area (Å²) in [7, 11) is 0. The Balaban J connectivity index is 1.54. The maximum absolute atomic E-state index is 11.8. The lowest BCUT2D eigenvalue weighted by atomic mass is 9.91. The molecule has 2 N–H and O–H groups in total. The molecular formula is C19H22N4O2. The average molecular weight is 338 g/mol. The highest BCUT2D eigenvalue weighted by Crippen LogP contribution is 2.28. The van der Waals surface area contributed by atoms with E-state index in [0.29, 0.717) is 6.54 Å². The van der Waals surface area contributed by atoms with Gasteiger partial charge in [0.2, 0.25) is 0 Å². The third kappa shape index (κ3) is 4.35. The summed E-state index contributed by atoms with van der Waals surface area (Å²) in [6, 6.07) is 13.4. The Kier molecular flexibility index (Phi) is 5.61. The molecule has 0 saturated heterocycles. The predicted molar refractivity (Wildman–Crippen MR) is 95.5 cm³/mol. The minimum atomic E-state index is -0.327. The maximum Gasteiger partial charge on any atom is 0.292 e. The molecule has 0 fully saturated rings. The van der Waals surface area contributed by atoms with E-state index in [-0.39, 0.29) is 17.2 Å². The molecule has 0 aliphatic carbocycles. The number of aromatic hydroxyl groups is 1. The topological polar surface area (TPSA) is 83.8 Å². The van der Waals surface area contributed by atoms with Crippen LogP contribution in [0.5, 0.6) is 5.75 Å². The first-order valence-electron chi connectivity index (χ1n) is 8.55. The number of pyridine rings is 1. The summed E-state index contributed by atoms with van der Waals surface area (Å²) in [5.74, 6) is 0.0288. The summed E-state index contributed by atoms with van der Waals surface area (Å²) in [6.45, 7) is 0.618. The number of unbranched alkanes of at least 4 members (excludes halogenated alkanes) is 2. The quantitative estimate of drug-likeness (QED) is 0.618. The van der Waals surface area contributed by atoms with Crippen molar-refractivity contribution < 1.29 is 5.11 Å². The van der Waals surface area contributed by atoms with Gasteiger partial charge in [-0.1, -0.05) is 48.4 Å². The molecule has 3 aromatic rings. The van der Waals surface area contributed by atoms with Crippen LogP contribution < -0.4 is 5.56 Å². The van der Waals surface area contributed by atoms with Crippen molar-refractivity contribution in [2.24, 2.45) is 0 Å². The standard InChI is InChI=1S/C19H22N4O2/c24-18-11-7-13-23(19(18)25)12-6-2-5-10-16(17-14-20-22-21-17)15-8-3-1-4-9-15/h1,3-4,7-9,11,13-14,16,24H,2,5-6,10,12H2,(H,20,21,22). The van der Waals surface area contributed by atoms with Crippen LogP contribution in [0.1, 0.15) is 42.9 Å². The summed E-state index contributed by atoms with van der Waals surface area (Å²) >= 11 is 0. The van der Waals surface area contributed by atoms with Crippen molar-refractivity contribution >= 4 is 0 Å². The molecule has 0 aliphatic heterocycles. The Labute approximate surface area is 146 Å². The molecule has 0 spiro atoms. The van der Waals surface area contributed by atoms with Gasteiger partial charge in [-0.15, -0.1) is 5.10 Å². The highest BCUT2D eigenvalue weighted by molar-refractivity contribution is 5.26. The summed E-state index contributed by atoms with van der Waals surface area (Å²) in [4.78, 5) is 11.8. The lowest BCUT2D eigenvalue weighted by molar-refractivity contribution is 0.452. The average Bonchev–Trinajstić information content (AvgIpc) is 3.16. The van der Waals surface area contributed by atoms with E-state index in [2.05, 4.69) is 27.5 Å². The molecule has 1 unspecified atom stereocenters.